The van der Waals surface area contributed by atoms with Crippen molar-refractivity contribution in [3.05, 3.63) is 11.9 Å². The lowest BCUT2D eigenvalue weighted by atomic mass is 10.5. The second-order valence-electron chi connectivity index (χ2n) is 2.33. The average Bonchev–Trinajstić information content (AvgIpc) is 2.03. The summed E-state index contributed by atoms with van der Waals surface area (Å²) in [5.74, 6) is 0.271. The fourth-order valence-electron chi connectivity index (χ4n) is 0.610. The monoisotopic (exact) mass is 170 g/mol. The highest BCUT2D eigenvalue weighted by Crippen LogP contribution is 1.82. The summed E-state index contributed by atoms with van der Waals surface area (Å²) >= 11 is 0. The Balaban J connectivity index is 4.26. The molecule has 3 N–H and O–H groups in total. The predicted molar refractivity (Wildman–Crippen MR) is 48.9 cm³/mol. The maximum absolute atomic E-state index is 11.0. The summed E-state index contributed by atoms with van der Waals surface area (Å²) < 4.78 is 1.68. The van der Waals surface area contributed by atoms with Crippen LogP contribution >= 0.6 is 0 Å². The van der Waals surface area contributed by atoms with Crippen molar-refractivity contribution in [2.24, 2.45) is 5.73 Å². The van der Waals surface area contributed by atoms with E-state index in [1.165, 1.54) is 6.08 Å². The molecule has 0 rings (SSSR count). The van der Waals surface area contributed by atoms with Gasteiger partial charge >= 0.3 is 0 Å². The van der Waals surface area contributed by atoms with Crippen LogP contribution in [0.4, 0.5) is 0 Å². The van der Waals surface area contributed by atoms with Crippen LogP contribution in [0.15, 0.2) is 11.9 Å². The number of amides is 1. The van der Waals surface area contributed by atoms with E-state index >= 15 is 0 Å². The van der Waals surface area contributed by atoms with Crippen molar-refractivity contribution in [3.8, 4) is 0 Å². The van der Waals surface area contributed by atoms with E-state index in [-0.39, 0.29) is 5.91 Å². The van der Waals surface area contributed by atoms with E-state index < -0.39 is 0 Å². The van der Waals surface area contributed by atoms with E-state index in [9.17, 15) is 4.79 Å². The molecule has 0 saturated carbocycles. The quantitative estimate of drug-likeness (QED) is 0.346. The van der Waals surface area contributed by atoms with Crippen molar-refractivity contribution >= 4 is 12.1 Å². The van der Waals surface area contributed by atoms with Gasteiger partial charge in [-0.05, 0) is 13.8 Å². The minimum absolute atomic E-state index is 0.163. The summed E-state index contributed by atoms with van der Waals surface area (Å²) in [5, 5.41) is 2.62. The van der Waals surface area contributed by atoms with E-state index in [0.717, 1.165) is 0 Å². The molecule has 0 radical (unpaired) electrons. The molecule has 0 aliphatic carbocycles. The van der Waals surface area contributed by atoms with Gasteiger partial charge in [0.1, 0.15) is 0 Å². The molecule has 0 saturated heterocycles. The highest BCUT2D eigenvalue weighted by atomic mass is 16.1. The zero-order chi connectivity index (χ0) is 9.56. The smallest absolute Gasteiger partial charge is 0.277 e. The SMILES string of the molecule is CC=[N+](C)C(N)=CC(=O)NCC. The van der Waals surface area contributed by atoms with Gasteiger partial charge in [-0.3, -0.25) is 10.5 Å². The van der Waals surface area contributed by atoms with Crippen LogP contribution < -0.4 is 11.1 Å². The number of rotatable bonds is 3. The van der Waals surface area contributed by atoms with Gasteiger partial charge in [0.2, 0.25) is 0 Å². The van der Waals surface area contributed by atoms with Crippen molar-refractivity contribution in [2.45, 2.75) is 13.8 Å². The van der Waals surface area contributed by atoms with E-state index in [1.807, 2.05) is 13.8 Å². The molecule has 0 aromatic heterocycles. The first kappa shape index (κ1) is 10.7. The van der Waals surface area contributed by atoms with Gasteiger partial charge in [0, 0.05) is 6.54 Å². The Hall–Kier alpha value is -1.32. The molecule has 0 aliphatic heterocycles. The maximum atomic E-state index is 11.0. The number of carbonyl (C=O) groups is 1. The van der Waals surface area contributed by atoms with Crippen molar-refractivity contribution < 1.29 is 9.37 Å². The van der Waals surface area contributed by atoms with Crippen LogP contribution in [0.1, 0.15) is 13.8 Å². The van der Waals surface area contributed by atoms with E-state index in [0.29, 0.717) is 12.4 Å². The molecule has 0 aliphatic rings. The van der Waals surface area contributed by atoms with Crippen LogP contribution in [0.5, 0.6) is 0 Å². The van der Waals surface area contributed by atoms with Gasteiger partial charge in [-0.15, -0.1) is 0 Å². The molecule has 1 amide bonds. The molecule has 68 valence electrons. The first-order chi connectivity index (χ1) is 5.61. The van der Waals surface area contributed by atoms with Gasteiger partial charge in [-0.2, -0.15) is 0 Å². The third-order valence-corrected chi connectivity index (χ3v) is 1.42. The number of nitrogens with zero attached hydrogens (tertiary/aromatic N) is 1. The molecule has 4 nitrogen and oxygen atoms in total. The van der Waals surface area contributed by atoms with Gasteiger partial charge in [-0.25, -0.2) is 4.58 Å². The highest BCUT2D eigenvalue weighted by Gasteiger charge is 2.02. The Labute approximate surface area is 72.8 Å². The minimum Gasteiger partial charge on any atom is -0.353 e. The second kappa shape index (κ2) is 5.35. The standard InChI is InChI=1S/C8H15N3O/c1-4-10-8(12)6-7(9)11(3)5-2/h5-6H,4H2,1-3H3,(H2-,9,10,12)/p+1. The van der Waals surface area contributed by atoms with Crippen LogP contribution in [0, 0.1) is 0 Å². The summed E-state index contributed by atoms with van der Waals surface area (Å²) in [7, 11) is 1.78. The summed E-state index contributed by atoms with van der Waals surface area (Å²) in [4.78, 5) is 11.0. The molecule has 0 spiro atoms. The largest absolute Gasteiger partial charge is 0.353 e. The Kier molecular flexibility index (Phi) is 4.76. The van der Waals surface area contributed by atoms with Crippen molar-refractivity contribution in [3.63, 3.8) is 0 Å². The van der Waals surface area contributed by atoms with Crippen molar-refractivity contribution in [1.82, 2.24) is 5.32 Å². The second-order valence-corrected chi connectivity index (χ2v) is 2.33. The summed E-state index contributed by atoms with van der Waals surface area (Å²) in [6, 6.07) is 0. The number of likely N-dealkylation sites (N-methyl/N-ethyl adjacent to an activating group) is 1. The lowest BCUT2D eigenvalue weighted by Gasteiger charge is -1.97. The third-order valence-electron chi connectivity index (χ3n) is 1.42. The van der Waals surface area contributed by atoms with Crippen LogP contribution in [-0.2, 0) is 4.79 Å². The van der Waals surface area contributed by atoms with Gasteiger partial charge in [-0.1, -0.05) is 0 Å². The number of carbonyl (C=O) groups excluding carboxylic acids is 1. The fourth-order valence-corrected chi connectivity index (χ4v) is 0.610. The van der Waals surface area contributed by atoms with Gasteiger partial charge in [0.05, 0.1) is 19.3 Å². The topological polar surface area (TPSA) is 58.1 Å². The van der Waals surface area contributed by atoms with E-state index in [4.69, 9.17) is 5.73 Å². The normalized spacial score (nSPS) is 12.9. The van der Waals surface area contributed by atoms with Crippen molar-refractivity contribution in [1.29, 1.82) is 0 Å². The number of hydrogen-bond donors (Lipinski definition) is 2. The zero-order valence-electron chi connectivity index (χ0n) is 7.79. The molecule has 12 heavy (non-hydrogen) atoms. The first-order valence-corrected chi connectivity index (χ1v) is 3.89. The van der Waals surface area contributed by atoms with Gasteiger partial charge < -0.3 is 5.32 Å². The van der Waals surface area contributed by atoms with Crippen LogP contribution in [0.25, 0.3) is 0 Å². The lowest BCUT2D eigenvalue weighted by Crippen LogP contribution is -2.24. The lowest BCUT2D eigenvalue weighted by molar-refractivity contribution is -0.440. The molecule has 0 atom stereocenters. The Bertz CT molecular complexity index is 218. The predicted octanol–water partition coefficient (Wildman–Crippen LogP) is -0.344. The van der Waals surface area contributed by atoms with Crippen LogP contribution in [-0.4, -0.2) is 30.3 Å². The maximum Gasteiger partial charge on any atom is 0.277 e. The molecule has 0 aromatic rings. The molecule has 4 heteroatoms. The average molecular weight is 170 g/mol. The molecule has 0 heterocycles. The van der Waals surface area contributed by atoms with Crippen molar-refractivity contribution in [2.75, 3.05) is 13.6 Å². The Morgan fingerprint density at radius 2 is 2.25 bits per heavy atom. The molecular weight excluding hydrogens is 154 g/mol. The summed E-state index contributed by atoms with van der Waals surface area (Å²) in [6.45, 7) is 4.32. The highest BCUT2D eigenvalue weighted by molar-refractivity contribution is 5.87. The van der Waals surface area contributed by atoms with Crippen LogP contribution in [0.2, 0.25) is 0 Å². The minimum atomic E-state index is -0.163. The number of hydrogen-bond acceptors (Lipinski definition) is 2. The molecule has 0 unspecified atom stereocenters. The fraction of sp³-hybridized carbons (Fsp3) is 0.500. The van der Waals surface area contributed by atoms with Crippen LogP contribution in [0.3, 0.4) is 0 Å². The third kappa shape index (κ3) is 3.75. The molecular formula is C8H16N3O+. The van der Waals surface area contributed by atoms with E-state index in [1.54, 1.807) is 17.8 Å². The number of nitrogens with two attached hydrogens (primary N) is 1. The number of nitrogens with one attached hydrogen (secondary N) is 1. The Morgan fingerprint density at radius 1 is 1.67 bits per heavy atom. The zero-order valence-corrected chi connectivity index (χ0v) is 7.79. The summed E-state index contributed by atoms with van der Waals surface area (Å²) in [5.41, 5.74) is 5.55. The first-order valence-electron chi connectivity index (χ1n) is 3.89. The van der Waals surface area contributed by atoms with E-state index in [2.05, 4.69) is 5.32 Å². The Morgan fingerprint density at radius 3 is 2.67 bits per heavy atom. The summed E-state index contributed by atoms with van der Waals surface area (Å²) in [6.07, 6.45) is 3.15. The van der Waals surface area contributed by atoms with Gasteiger partial charge in [0.25, 0.3) is 11.7 Å². The molecule has 0 aromatic carbocycles. The molecule has 0 bridgehead atoms. The van der Waals surface area contributed by atoms with Gasteiger partial charge in [0.15, 0.2) is 0 Å². The molecule has 0 fully saturated rings.